The highest BCUT2D eigenvalue weighted by Crippen LogP contribution is 2.55. The highest BCUT2D eigenvalue weighted by molar-refractivity contribution is 7.01. The van der Waals surface area contributed by atoms with Crippen LogP contribution in [0.4, 0.5) is 17.1 Å². The van der Waals surface area contributed by atoms with E-state index >= 15 is 0 Å². The third kappa shape index (κ3) is 3.30. The number of hydrogen-bond acceptors (Lipinski definition) is 4. The molecule has 0 unspecified atom stereocenters. The van der Waals surface area contributed by atoms with Gasteiger partial charge in [-0.05, 0) is 87.7 Å². The van der Waals surface area contributed by atoms with Gasteiger partial charge in [-0.15, -0.1) is 0 Å². The quantitative estimate of drug-likeness (QED) is 0.175. The first-order valence-electron chi connectivity index (χ1n) is 17.5. The van der Waals surface area contributed by atoms with Crippen molar-refractivity contribution in [2.24, 2.45) is 0 Å². The number of nitrogens with zero attached hydrogens (tertiary/aromatic N) is 2. The Morgan fingerprint density at radius 1 is 0.519 bits per heavy atom. The molecular weight excluding hydrogens is 639 g/mol. The zero-order valence-corrected chi connectivity index (χ0v) is 27.7. The van der Waals surface area contributed by atoms with E-state index in [4.69, 9.17) is 4.74 Å². The molecule has 0 amide bonds. The van der Waals surface area contributed by atoms with E-state index in [0.29, 0.717) is 22.3 Å². The van der Waals surface area contributed by atoms with Gasteiger partial charge in [0.15, 0.2) is 23.1 Å². The molecule has 4 aliphatic rings. The van der Waals surface area contributed by atoms with Gasteiger partial charge in [-0.2, -0.15) is 0 Å². The van der Waals surface area contributed by atoms with Crippen molar-refractivity contribution in [3.05, 3.63) is 179 Å². The van der Waals surface area contributed by atoms with E-state index in [2.05, 4.69) is 94.9 Å². The Kier molecular flexibility index (Phi) is 5.17. The molecule has 0 radical (unpaired) electrons. The SMILES string of the molecule is C=C1c2cccc3c2B2c4c1cc(N1c5ccccc5Oc5c1ccc1c5c5ccccc5n1-c1ccccc1)cc4C(=O)c1cccc(c12)C3=O. The van der Waals surface area contributed by atoms with Crippen LogP contribution < -0.4 is 26.0 Å². The molecule has 7 aromatic carbocycles. The summed E-state index contributed by atoms with van der Waals surface area (Å²) in [6.07, 6.45) is 0. The van der Waals surface area contributed by atoms with Gasteiger partial charge in [-0.3, -0.25) is 9.59 Å². The van der Waals surface area contributed by atoms with Crippen LogP contribution in [-0.4, -0.2) is 22.8 Å². The number of carbonyl (C=O) groups excluding carboxylic acids is 2. The maximum absolute atomic E-state index is 14.6. The molecule has 0 saturated heterocycles. The first kappa shape index (κ1) is 27.9. The summed E-state index contributed by atoms with van der Waals surface area (Å²) in [5, 5.41) is 2.11. The number of carbonyl (C=O) groups is 2. The van der Waals surface area contributed by atoms with Gasteiger partial charge in [-0.25, -0.2) is 0 Å². The van der Waals surface area contributed by atoms with Crippen LogP contribution in [0.3, 0.4) is 0 Å². The zero-order chi connectivity index (χ0) is 34.4. The number of rotatable bonds is 2. The number of hydrogen-bond donors (Lipinski definition) is 0. The molecule has 4 aliphatic heterocycles. The molecule has 5 nitrogen and oxygen atoms in total. The smallest absolute Gasteiger partial charge is 0.246 e. The summed E-state index contributed by atoms with van der Waals surface area (Å²) in [5.74, 6) is 1.38. The molecule has 6 heteroatoms. The molecule has 8 aromatic rings. The number of anilines is 3. The van der Waals surface area contributed by atoms with Crippen LogP contribution in [0, 0.1) is 0 Å². The minimum Gasteiger partial charge on any atom is -0.452 e. The second-order valence-corrected chi connectivity index (χ2v) is 14.0. The van der Waals surface area contributed by atoms with Crippen molar-refractivity contribution in [2.45, 2.75) is 0 Å². The van der Waals surface area contributed by atoms with Crippen LogP contribution in [0.15, 0.2) is 146 Å². The second kappa shape index (κ2) is 9.65. The average molecular weight is 665 g/mol. The number of fused-ring (bicyclic) bond motifs is 6. The lowest BCUT2D eigenvalue weighted by molar-refractivity contribution is 0.103. The number of para-hydroxylation sites is 4. The minimum atomic E-state index is -0.217. The van der Waals surface area contributed by atoms with Gasteiger partial charge in [0.05, 0.1) is 27.8 Å². The molecule has 0 fully saturated rings. The molecule has 1 aromatic heterocycles. The molecule has 5 heterocycles. The van der Waals surface area contributed by atoms with Crippen LogP contribution in [0.5, 0.6) is 11.5 Å². The predicted octanol–water partition coefficient (Wildman–Crippen LogP) is 8.34. The highest BCUT2D eigenvalue weighted by Gasteiger charge is 2.48. The van der Waals surface area contributed by atoms with E-state index in [0.717, 1.165) is 89.1 Å². The van der Waals surface area contributed by atoms with Crippen molar-refractivity contribution in [1.82, 2.24) is 4.57 Å². The molecule has 0 bridgehead atoms. The summed E-state index contributed by atoms with van der Waals surface area (Å²) in [5.41, 5.74) is 13.8. The highest BCUT2D eigenvalue weighted by atomic mass is 16.5. The number of benzene rings is 7. The Balaban J connectivity index is 1.15. The fourth-order valence-electron chi connectivity index (χ4n) is 9.39. The minimum absolute atomic E-state index is 0.0319. The van der Waals surface area contributed by atoms with Gasteiger partial charge in [-0.1, -0.05) is 91.5 Å². The van der Waals surface area contributed by atoms with Gasteiger partial charge < -0.3 is 14.2 Å². The number of aromatic nitrogens is 1. The second-order valence-electron chi connectivity index (χ2n) is 14.0. The molecule has 240 valence electrons. The molecule has 0 aliphatic carbocycles. The van der Waals surface area contributed by atoms with Crippen molar-refractivity contribution < 1.29 is 14.3 Å². The predicted molar refractivity (Wildman–Crippen MR) is 208 cm³/mol. The summed E-state index contributed by atoms with van der Waals surface area (Å²) < 4.78 is 9.18. The van der Waals surface area contributed by atoms with E-state index in [1.807, 2.05) is 60.7 Å². The topological polar surface area (TPSA) is 51.5 Å². The van der Waals surface area contributed by atoms with Crippen LogP contribution in [-0.2, 0) is 0 Å². The first-order chi connectivity index (χ1) is 25.6. The van der Waals surface area contributed by atoms with Crippen molar-refractivity contribution in [1.29, 1.82) is 0 Å². The van der Waals surface area contributed by atoms with Crippen LogP contribution >= 0.6 is 0 Å². The Morgan fingerprint density at radius 3 is 1.96 bits per heavy atom. The maximum Gasteiger partial charge on any atom is 0.246 e. The third-order valence-corrected chi connectivity index (χ3v) is 11.5. The fourth-order valence-corrected chi connectivity index (χ4v) is 9.39. The molecule has 0 saturated carbocycles. The zero-order valence-electron chi connectivity index (χ0n) is 27.7. The lowest BCUT2D eigenvalue weighted by Crippen LogP contribution is -2.66. The normalized spacial score (nSPS) is 14.3. The van der Waals surface area contributed by atoms with Crippen molar-refractivity contribution in [3.8, 4) is 17.2 Å². The van der Waals surface area contributed by atoms with E-state index in [9.17, 15) is 9.59 Å². The van der Waals surface area contributed by atoms with Gasteiger partial charge in [0.1, 0.15) is 0 Å². The van der Waals surface area contributed by atoms with E-state index in [1.165, 1.54) is 0 Å². The van der Waals surface area contributed by atoms with Crippen LogP contribution in [0.2, 0.25) is 0 Å². The standard InChI is InChI=1S/C46H25BN2O3/c1-25-28-14-9-15-30-41(28)47-42-31(44(30)50)16-10-17-32(42)45(51)34-24-27(23-33(25)43(34)47)49-36-19-7-8-20-39(36)52-46-38(49)22-21-37-40(46)29-13-5-6-18-35(29)48(37)26-11-3-2-4-12-26/h2-24H,1H2. The molecule has 0 atom stereocenters. The van der Waals surface area contributed by atoms with Gasteiger partial charge in [0, 0.05) is 39.0 Å². The lowest BCUT2D eigenvalue weighted by Gasteiger charge is -2.40. The Bertz CT molecular complexity index is 2920. The number of ketones is 2. The average Bonchev–Trinajstić information content (AvgIpc) is 3.54. The van der Waals surface area contributed by atoms with E-state index in [1.54, 1.807) is 0 Å². The van der Waals surface area contributed by atoms with E-state index in [-0.39, 0.29) is 18.3 Å². The van der Waals surface area contributed by atoms with Gasteiger partial charge in [0.25, 0.3) is 0 Å². The largest absolute Gasteiger partial charge is 0.452 e. The third-order valence-electron chi connectivity index (χ3n) is 11.5. The summed E-state index contributed by atoms with van der Waals surface area (Å²) in [4.78, 5) is 30.7. The Labute approximate surface area is 298 Å². The molecule has 0 N–H and O–H groups in total. The van der Waals surface area contributed by atoms with E-state index < -0.39 is 0 Å². The lowest BCUT2D eigenvalue weighted by atomic mass is 9.27. The first-order valence-corrected chi connectivity index (χ1v) is 17.5. The van der Waals surface area contributed by atoms with Crippen LogP contribution in [0.1, 0.15) is 43.0 Å². The Hall–Kier alpha value is -6.92. The van der Waals surface area contributed by atoms with Crippen LogP contribution in [0.25, 0.3) is 33.1 Å². The van der Waals surface area contributed by atoms with Crippen molar-refractivity contribution >= 4 is 79.1 Å². The summed E-state index contributed by atoms with van der Waals surface area (Å²) in [6.45, 7) is 4.39. The summed E-state index contributed by atoms with van der Waals surface area (Å²) in [7, 11) is 0. The monoisotopic (exact) mass is 664 g/mol. The molecule has 12 rings (SSSR count). The molecule has 52 heavy (non-hydrogen) atoms. The maximum atomic E-state index is 14.6. The van der Waals surface area contributed by atoms with Gasteiger partial charge in [0.2, 0.25) is 6.71 Å². The number of ether oxygens (including phenoxy) is 1. The Morgan fingerprint density at radius 2 is 1.15 bits per heavy atom. The fraction of sp³-hybridized carbons (Fsp3) is 0. The summed E-state index contributed by atoms with van der Waals surface area (Å²) in [6, 6.07) is 46.9. The van der Waals surface area contributed by atoms with Gasteiger partial charge >= 0.3 is 0 Å². The van der Waals surface area contributed by atoms with Crippen molar-refractivity contribution in [2.75, 3.05) is 4.90 Å². The summed E-state index contributed by atoms with van der Waals surface area (Å²) >= 11 is 0. The van der Waals surface area contributed by atoms with Crippen molar-refractivity contribution in [3.63, 3.8) is 0 Å². The molecular formula is C46H25BN2O3. The molecule has 0 spiro atoms.